The summed E-state index contributed by atoms with van der Waals surface area (Å²) in [5.41, 5.74) is -0.610. The second kappa shape index (κ2) is 8.41. The van der Waals surface area contributed by atoms with E-state index in [0.29, 0.717) is 19.4 Å². The Bertz CT molecular complexity index is 498. The van der Waals surface area contributed by atoms with Gasteiger partial charge in [0.05, 0.1) is 5.56 Å². The summed E-state index contributed by atoms with van der Waals surface area (Å²) in [6, 6.07) is 4.04. The molecule has 0 bridgehead atoms. The molecule has 1 aromatic carbocycles. The van der Waals surface area contributed by atoms with Crippen LogP contribution in [0.5, 0.6) is 0 Å². The molecular weight excluding hydrogens is 299 g/mol. The van der Waals surface area contributed by atoms with Crippen LogP contribution in [0.3, 0.4) is 0 Å². The lowest BCUT2D eigenvalue weighted by Crippen LogP contribution is -2.24. The number of hydrogen-bond donors (Lipinski definition) is 2. The minimum Gasteiger partial charge on any atom is -0.481 e. The summed E-state index contributed by atoms with van der Waals surface area (Å²) in [5.74, 6) is -1.24. The van der Waals surface area contributed by atoms with Crippen molar-refractivity contribution in [3.05, 3.63) is 35.4 Å². The fourth-order valence-electron chi connectivity index (χ4n) is 1.87. The first-order valence-corrected chi connectivity index (χ1v) is 6.98. The molecule has 122 valence electrons. The molecule has 0 unspecified atom stereocenters. The highest BCUT2D eigenvalue weighted by Gasteiger charge is 2.30. The van der Waals surface area contributed by atoms with Gasteiger partial charge in [-0.05, 0) is 37.1 Å². The number of amides is 1. The molecule has 0 aromatic heterocycles. The van der Waals surface area contributed by atoms with E-state index in [2.05, 4.69) is 5.32 Å². The van der Waals surface area contributed by atoms with E-state index in [-0.39, 0.29) is 12.0 Å². The molecule has 0 atom stereocenters. The van der Waals surface area contributed by atoms with E-state index in [9.17, 15) is 22.8 Å². The molecule has 0 fully saturated rings. The molecule has 4 nitrogen and oxygen atoms in total. The summed E-state index contributed by atoms with van der Waals surface area (Å²) in [6.45, 7) is 0.410. The second-order valence-corrected chi connectivity index (χ2v) is 4.89. The van der Waals surface area contributed by atoms with E-state index < -0.39 is 23.6 Å². The summed E-state index contributed by atoms with van der Waals surface area (Å²) in [5, 5.41) is 11.1. The zero-order chi connectivity index (χ0) is 16.6. The Labute approximate surface area is 126 Å². The Kier molecular flexibility index (Phi) is 6.88. The highest BCUT2D eigenvalue weighted by Crippen LogP contribution is 2.29. The van der Waals surface area contributed by atoms with Crippen molar-refractivity contribution >= 4 is 11.9 Å². The van der Waals surface area contributed by atoms with Crippen molar-refractivity contribution < 1.29 is 27.9 Å². The standard InChI is InChI=1S/C15H18F3NO3/c16-15(17,18)12-8-6-11(7-9-12)14(22)19-10-4-2-1-3-5-13(20)21/h6-9H,1-5,10H2,(H,19,22)(H,20,21). The maximum Gasteiger partial charge on any atom is 0.416 e. The fraction of sp³-hybridized carbons (Fsp3) is 0.467. The molecule has 1 amide bonds. The Morgan fingerprint density at radius 2 is 1.59 bits per heavy atom. The minimum absolute atomic E-state index is 0.137. The molecule has 0 spiro atoms. The number of carbonyl (C=O) groups is 2. The van der Waals surface area contributed by atoms with Crippen LogP contribution in [0.15, 0.2) is 24.3 Å². The Balaban J connectivity index is 2.27. The van der Waals surface area contributed by atoms with Gasteiger partial charge in [-0.25, -0.2) is 0 Å². The van der Waals surface area contributed by atoms with Crippen molar-refractivity contribution in [3.63, 3.8) is 0 Å². The fourth-order valence-corrected chi connectivity index (χ4v) is 1.87. The van der Waals surface area contributed by atoms with Crippen LogP contribution in [0.25, 0.3) is 0 Å². The third-order valence-electron chi connectivity index (χ3n) is 3.08. The van der Waals surface area contributed by atoms with Gasteiger partial charge >= 0.3 is 12.1 Å². The van der Waals surface area contributed by atoms with Crippen LogP contribution in [0.1, 0.15) is 48.0 Å². The van der Waals surface area contributed by atoms with E-state index in [1.807, 2.05) is 0 Å². The Morgan fingerprint density at radius 1 is 1.00 bits per heavy atom. The number of carboxylic acids is 1. The summed E-state index contributed by atoms with van der Waals surface area (Å²) in [4.78, 5) is 22.0. The number of aliphatic carboxylic acids is 1. The quantitative estimate of drug-likeness (QED) is 0.722. The van der Waals surface area contributed by atoms with Crippen molar-refractivity contribution in [2.75, 3.05) is 6.54 Å². The molecule has 0 saturated carbocycles. The number of rotatable bonds is 8. The Morgan fingerprint density at radius 3 is 2.14 bits per heavy atom. The van der Waals surface area contributed by atoms with Gasteiger partial charge in [0.25, 0.3) is 5.91 Å². The molecule has 0 saturated heterocycles. The SMILES string of the molecule is O=C(O)CCCCCCNC(=O)c1ccc(C(F)(F)F)cc1. The lowest BCUT2D eigenvalue weighted by Gasteiger charge is -2.08. The normalized spacial score (nSPS) is 11.2. The van der Waals surface area contributed by atoms with Gasteiger partial charge in [0.2, 0.25) is 0 Å². The van der Waals surface area contributed by atoms with E-state index >= 15 is 0 Å². The number of unbranched alkanes of at least 4 members (excludes halogenated alkanes) is 3. The summed E-state index contributed by atoms with van der Waals surface area (Å²) in [6.07, 6.45) is -1.42. The van der Waals surface area contributed by atoms with Gasteiger partial charge < -0.3 is 10.4 Å². The molecule has 0 aliphatic carbocycles. The van der Waals surface area contributed by atoms with Crippen LogP contribution in [0.4, 0.5) is 13.2 Å². The van der Waals surface area contributed by atoms with Gasteiger partial charge in [-0.15, -0.1) is 0 Å². The van der Waals surface area contributed by atoms with Crippen molar-refractivity contribution in [1.29, 1.82) is 0 Å². The van der Waals surface area contributed by atoms with Gasteiger partial charge in [0.1, 0.15) is 0 Å². The molecular formula is C15H18F3NO3. The molecule has 2 N–H and O–H groups in total. The van der Waals surface area contributed by atoms with Gasteiger partial charge in [0.15, 0.2) is 0 Å². The van der Waals surface area contributed by atoms with Crippen LogP contribution >= 0.6 is 0 Å². The van der Waals surface area contributed by atoms with Crippen molar-refractivity contribution in [2.45, 2.75) is 38.3 Å². The molecule has 0 aliphatic heterocycles. The highest BCUT2D eigenvalue weighted by molar-refractivity contribution is 5.94. The average molecular weight is 317 g/mol. The largest absolute Gasteiger partial charge is 0.481 e. The molecule has 22 heavy (non-hydrogen) atoms. The molecule has 0 radical (unpaired) electrons. The first kappa shape index (κ1) is 18.0. The summed E-state index contributed by atoms with van der Waals surface area (Å²) in [7, 11) is 0. The highest BCUT2D eigenvalue weighted by atomic mass is 19.4. The van der Waals surface area contributed by atoms with Crippen LogP contribution in [0, 0.1) is 0 Å². The number of benzene rings is 1. The number of halogens is 3. The van der Waals surface area contributed by atoms with E-state index in [1.165, 1.54) is 0 Å². The van der Waals surface area contributed by atoms with Crippen molar-refractivity contribution in [3.8, 4) is 0 Å². The van der Waals surface area contributed by atoms with E-state index in [1.54, 1.807) is 0 Å². The Hall–Kier alpha value is -2.05. The minimum atomic E-state index is -4.41. The van der Waals surface area contributed by atoms with Crippen LogP contribution in [-0.2, 0) is 11.0 Å². The molecule has 0 heterocycles. The predicted molar refractivity (Wildman–Crippen MR) is 74.5 cm³/mol. The molecule has 1 rings (SSSR count). The number of alkyl halides is 3. The first-order chi connectivity index (χ1) is 10.3. The third kappa shape index (κ3) is 6.60. The maximum absolute atomic E-state index is 12.4. The summed E-state index contributed by atoms with van der Waals surface area (Å²) < 4.78 is 37.2. The number of hydrogen-bond acceptors (Lipinski definition) is 2. The lowest BCUT2D eigenvalue weighted by atomic mass is 10.1. The lowest BCUT2D eigenvalue weighted by molar-refractivity contribution is -0.138. The van der Waals surface area contributed by atoms with Crippen LogP contribution < -0.4 is 5.32 Å². The van der Waals surface area contributed by atoms with Crippen molar-refractivity contribution in [1.82, 2.24) is 5.32 Å². The number of carboxylic acid groups (broad SMARTS) is 1. The number of carbonyl (C=O) groups excluding carboxylic acids is 1. The van der Waals surface area contributed by atoms with Crippen LogP contribution in [-0.4, -0.2) is 23.5 Å². The zero-order valence-corrected chi connectivity index (χ0v) is 11.9. The number of nitrogens with one attached hydrogen (secondary N) is 1. The second-order valence-electron chi connectivity index (χ2n) is 4.89. The maximum atomic E-state index is 12.4. The summed E-state index contributed by atoms with van der Waals surface area (Å²) >= 11 is 0. The topological polar surface area (TPSA) is 66.4 Å². The third-order valence-corrected chi connectivity index (χ3v) is 3.08. The molecule has 1 aromatic rings. The van der Waals surface area contributed by atoms with Crippen LogP contribution in [0.2, 0.25) is 0 Å². The monoisotopic (exact) mass is 317 g/mol. The zero-order valence-electron chi connectivity index (χ0n) is 11.9. The van der Waals surface area contributed by atoms with Crippen molar-refractivity contribution in [2.24, 2.45) is 0 Å². The van der Waals surface area contributed by atoms with E-state index in [4.69, 9.17) is 5.11 Å². The average Bonchev–Trinajstić information content (AvgIpc) is 2.45. The smallest absolute Gasteiger partial charge is 0.416 e. The van der Waals surface area contributed by atoms with Gasteiger partial charge in [-0.1, -0.05) is 12.8 Å². The predicted octanol–water partition coefficient (Wildman–Crippen LogP) is 3.47. The first-order valence-electron chi connectivity index (χ1n) is 6.98. The molecule has 7 heteroatoms. The van der Waals surface area contributed by atoms with Gasteiger partial charge in [0, 0.05) is 18.5 Å². The van der Waals surface area contributed by atoms with E-state index in [0.717, 1.165) is 37.1 Å². The molecule has 0 aliphatic rings. The van der Waals surface area contributed by atoms with Gasteiger partial charge in [-0.2, -0.15) is 13.2 Å². The van der Waals surface area contributed by atoms with Gasteiger partial charge in [-0.3, -0.25) is 9.59 Å².